The zero-order valence-electron chi connectivity index (χ0n) is 16.2. The topological polar surface area (TPSA) is 54.0 Å². The molecule has 0 aliphatic carbocycles. The number of halogens is 1. The number of anilines is 1. The van der Waals surface area contributed by atoms with Crippen LogP contribution in [0.2, 0.25) is 5.02 Å². The molecule has 0 bridgehead atoms. The van der Waals surface area contributed by atoms with Crippen LogP contribution in [0.1, 0.15) is 28.8 Å². The largest absolute Gasteiger partial charge is 0.322 e. The van der Waals surface area contributed by atoms with Crippen LogP contribution in [0.25, 0.3) is 11.3 Å². The summed E-state index contributed by atoms with van der Waals surface area (Å²) in [6.45, 7) is 2.21. The van der Waals surface area contributed by atoms with Crippen molar-refractivity contribution < 1.29 is 4.79 Å². The number of aromatic nitrogens is 1. The molecule has 0 atom stereocenters. The van der Waals surface area contributed by atoms with E-state index in [-0.39, 0.29) is 5.91 Å². The maximum atomic E-state index is 12.7. The Morgan fingerprint density at radius 1 is 1.07 bits per heavy atom. The molecule has 148 valence electrons. The monoisotopic (exact) mass is 405 g/mol. The van der Waals surface area contributed by atoms with Gasteiger partial charge in [-0.25, -0.2) is 0 Å². The fourth-order valence-electron chi connectivity index (χ4n) is 3.74. The Balaban J connectivity index is 1.44. The van der Waals surface area contributed by atoms with Crippen LogP contribution in [0.15, 0.2) is 66.9 Å². The third-order valence-corrected chi connectivity index (χ3v) is 5.69. The van der Waals surface area contributed by atoms with Gasteiger partial charge in [0.1, 0.15) is 0 Å². The van der Waals surface area contributed by atoms with Crippen molar-refractivity contribution in [3.05, 3.63) is 83.0 Å². The molecular weight excluding hydrogens is 382 g/mol. The van der Waals surface area contributed by atoms with Gasteiger partial charge in [-0.15, -0.1) is 0 Å². The predicted octanol–water partition coefficient (Wildman–Crippen LogP) is 5.20. The molecule has 1 fully saturated rings. The Morgan fingerprint density at radius 2 is 1.86 bits per heavy atom. The molecular formula is C24H24ClN3O. The number of amides is 1. The van der Waals surface area contributed by atoms with E-state index < -0.39 is 0 Å². The molecule has 4 nitrogen and oxygen atoms in total. The third-order valence-electron chi connectivity index (χ3n) is 5.36. The molecule has 0 unspecified atom stereocenters. The fourth-order valence-corrected chi connectivity index (χ4v) is 3.95. The SMILES string of the molecule is O=C(Nc1ccc(Cl)c(-c2ccccn2)c1)c1ccc(CC2CCNCC2)cc1. The van der Waals surface area contributed by atoms with E-state index in [1.165, 1.54) is 18.4 Å². The number of rotatable bonds is 5. The van der Waals surface area contributed by atoms with Crippen molar-refractivity contribution in [2.75, 3.05) is 18.4 Å². The normalized spacial score (nSPS) is 14.5. The Morgan fingerprint density at radius 3 is 2.59 bits per heavy atom. The van der Waals surface area contributed by atoms with Crippen LogP contribution in [0.3, 0.4) is 0 Å². The van der Waals surface area contributed by atoms with Gasteiger partial charge < -0.3 is 10.6 Å². The van der Waals surface area contributed by atoms with Gasteiger partial charge in [0.15, 0.2) is 0 Å². The molecule has 2 heterocycles. The van der Waals surface area contributed by atoms with E-state index in [2.05, 4.69) is 27.8 Å². The van der Waals surface area contributed by atoms with Gasteiger partial charge in [-0.1, -0.05) is 29.8 Å². The lowest BCUT2D eigenvalue weighted by Crippen LogP contribution is -2.28. The van der Waals surface area contributed by atoms with E-state index in [0.717, 1.165) is 36.7 Å². The number of carbonyl (C=O) groups excluding carboxylic acids is 1. The third kappa shape index (κ3) is 5.03. The Labute approximate surface area is 176 Å². The molecule has 3 aromatic rings. The number of piperidine rings is 1. The van der Waals surface area contributed by atoms with Gasteiger partial charge in [0.05, 0.1) is 10.7 Å². The highest BCUT2D eigenvalue weighted by Gasteiger charge is 2.14. The van der Waals surface area contributed by atoms with E-state index in [1.807, 2.05) is 36.4 Å². The van der Waals surface area contributed by atoms with Gasteiger partial charge >= 0.3 is 0 Å². The summed E-state index contributed by atoms with van der Waals surface area (Å²) in [6, 6.07) is 19.1. The minimum Gasteiger partial charge on any atom is -0.322 e. The van der Waals surface area contributed by atoms with Crippen LogP contribution in [0.4, 0.5) is 5.69 Å². The molecule has 2 aromatic carbocycles. The van der Waals surface area contributed by atoms with E-state index in [4.69, 9.17) is 11.6 Å². The van der Waals surface area contributed by atoms with E-state index in [9.17, 15) is 4.79 Å². The summed E-state index contributed by atoms with van der Waals surface area (Å²) in [5, 5.41) is 6.96. The highest BCUT2D eigenvalue weighted by Crippen LogP contribution is 2.29. The molecule has 29 heavy (non-hydrogen) atoms. The maximum Gasteiger partial charge on any atom is 0.255 e. The van der Waals surface area contributed by atoms with Gasteiger partial charge in [-0.3, -0.25) is 9.78 Å². The zero-order chi connectivity index (χ0) is 20.1. The smallest absolute Gasteiger partial charge is 0.255 e. The van der Waals surface area contributed by atoms with E-state index in [1.54, 1.807) is 18.3 Å². The number of benzene rings is 2. The van der Waals surface area contributed by atoms with Crippen molar-refractivity contribution in [3.63, 3.8) is 0 Å². The first-order valence-corrected chi connectivity index (χ1v) is 10.4. The Kier molecular flexibility index (Phi) is 6.23. The minimum absolute atomic E-state index is 0.132. The first-order valence-electron chi connectivity index (χ1n) is 10.0. The van der Waals surface area contributed by atoms with Crippen molar-refractivity contribution in [3.8, 4) is 11.3 Å². The predicted molar refractivity (Wildman–Crippen MR) is 118 cm³/mol. The lowest BCUT2D eigenvalue weighted by molar-refractivity contribution is 0.102. The number of hydrogen-bond donors (Lipinski definition) is 2. The summed E-state index contributed by atoms with van der Waals surface area (Å²) < 4.78 is 0. The zero-order valence-corrected chi connectivity index (χ0v) is 17.0. The highest BCUT2D eigenvalue weighted by atomic mass is 35.5. The van der Waals surface area contributed by atoms with Crippen molar-refractivity contribution in [2.24, 2.45) is 5.92 Å². The molecule has 0 saturated carbocycles. The standard InChI is InChI=1S/C24H24ClN3O/c25-22-9-8-20(16-21(22)23-3-1-2-12-27-23)28-24(29)19-6-4-17(5-7-19)15-18-10-13-26-14-11-18/h1-9,12,16,18,26H,10-11,13-15H2,(H,28,29). The van der Waals surface area contributed by atoms with Gasteiger partial charge in [0.2, 0.25) is 0 Å². The first kappa shape index (κ1) is 19.6. The summed E-state index contributed by atoms with van der Waals surface area (Å²) in [4.78, 5) is 17.0. The molecule has 1 aliphatic heterocycles. The lowest BCUT2D eigenvalue weighted by Gasteiger charge is -2.22. The van der Waals surface area contributed by atoms with Crippen molar-refractivity contribution in [1.82, 2.24) is 10.3 Å². The van der Waals surface area contributed by atoms with Crippen LogP contribution in [0, 0.1) is 5.92 Å². The second-order valence-corrected chi connectivity index (χ2v) is 7.87. The van der Waals surface area contributed by atoms with Crippen molar-refractivity contribution in [1.29, 1.82) is 0 Å². The second-order valence-electron chi connectivity index (χ2n) is 7.46. The Hall–Kier alpha value is -2.69. The number of hydrogen-bond acceptors (Lipinski definition) is 3. The van der Waals surface area contributed by atoms with Crippen LogP contribution in [-0.4, -0.2) is 24.0 Å². The summed E-state index contributed by atoms with van der Waals surface area (Å²) in [5.74, 6) is 0.600. The molecule has 1 aliphatic rings. The van der Waals surface area contributed by atoms with E-state index >= 15 is 0 Å². The highest BCUT2D eigenvalue weighted by molar-refractivity contribution is 6.33. The van der Waals surface area contributed by atoms with Gasteiger partial charge in [-0.05, 0) is 86.3 Å². The summed E-state index contributed by atoms with van der Waals surface area (Å²) >= 11 is 6.33. The van der Waals surface area contributed by atoms with Crippen molar-refractivity contribution in [2.45, 2.75) is 19.3 Å². The Bertz CT molecular complexity index is 967. The van der Waals surface area contributed by atoms with Crippen LogP contribution in [0.5, 0.6) is 0 Å². The van der Waals surface area contributed by atoms with Crippen LogP contribution >= 0.6 is 11.6 Å². The quantitative estimate of drug-likeness (QED) is 0.613. The molecule has 0 spiro atoms. The number of carbonyl (C=O) groups is 1. The van der Waals surface area contributed by atoms with Gasteiger partial charge in [0.25, 0.3) is 5.91 Å². The summed E-state index contributed by atoms with van der Waals surface area (Å²) in [7, 11) is 0. The fraction of sp³-hybridized carbons (Fsp3) is 0.250. The first-order chi connectivity index (χ1) is 14.2. The van der Waals surface area contributed by atoms with Gasteiger partial charge in [0, 0.05) is 23.0 Å². The van der Waals surface area contributed by atoms with Crippen LogP contribution in [-0.2, 0) is 6.42 Å². The molecule has 2 N–H and O–H groups in total. The average molecular weight is 406 g/mol. The lowest BCUT2D eigenvalue weighted by atomic mass is 9.91. The van der Waals surface area contributed by atoms with E-state index in [0.29, 0.717) is 16.3 Å². The number of nitrogens with zero attached hydrogens (tertiary/aromatic N) is 1. The van der Waals surface area contributed by atoms with Gasteiger partial charge in [-0.2, -0.15) is 0 Å². The second kappa shape index (κ2) is 9.21. The van der Waals surface area contributed by atoms with Crippen LogP contribution < -0.4 is 10.6 Å². The summed E-state index contributed by atoms with van der Waals surface area (Å²) in [5.41, 5.74) is 4.20. The average Bonchev–Trinajstić information content (AvgIpc) is 2.77. The molecule has 1 amide bonds. The maximum absolute atomic E-state index is 12.7. The summed E-state index contributed by atoms with van der Waals surface area (Å²) in [6.07, 6.45) is 5.24. The molecule has 1 saturated heterocycles. The number of nitrogens with one attached hydrogen (secondary N) is 2. The molecule has 4 rings (SSSR count). The van der Waals surface area contributed by atoms with Crippen molar-refractivity contribution >= 4 is 23.2 Å². The number of pyridine rings is 1. The molecule has 1 aromatic heterocycles. The minimum atomic E-state index is -0.132. The molecule has 0 radical (unpaired) electrons. The molecule has 5 heteroatoms.